The predicted octanol–water partition coefficient (Wildman–Crippen LogP) is 2.11. The average Bonchev–Trinajstić information content (AvgIpc) is 3.07. The van der Waals surface area contributed by atoms with Gasteiger partial charge >= 0.3 is 0 Å². The van der Waals surface area contributed by atoms with Gasteiger partial charge in [-0.25, -0.2) is 0 Å². The van der Waals surface area contributed by atoms with Crippen molar-refractivity contribution in [3.05, 3.63) is 23.8 Å². The fraction of sp³-hybridized carbons (Fsp3) is 0.632. The molecule has 1 heterocycles. The molecular weight excluding hydrogens is 318 g/mol. The van der Waals surface area contributed by atoms with Gasteiger partial charge in [0.1, 0.15) is 0 Å². The van der Waals surface area contributed by atoms with Crippen LogP contribution in [-0.2, 0) is 11.2 Å². The lowest BCUT2D eigenvalue weighted by molar-refractivity contribution is -0.125. The van der Waals surface area contributed by atoms with Crippen molar-refractivity contribution < 1.29 is 14.3 Å². The van der Waals surface area contributed by atoms with Gasteiger partial charge in [0, 0.05) is 6.04 Å². The summed E-state index contributed by atoms with van der Waals surface area (Å²) in [6.45, 7) is 8.45. The smallest absolute Gasteiger partial charge is 0.238 e. The van der Waals surface area contributed by atoms with Crippen molar-refractivity contribution in [2.75, 3.05) is 13.8 Å². The number of likely N-dealkylation sites (N-methyl/N-ethyl adjacent to an activating group) is 1. The number of nitrogens with one attached hydrogen (secondary N) is 1. The Morgan fingerprint density at radius 1 is 1.28 bits per heavy atom. The molecule has 0 radical (unpaired) electrons. The normalized spacial score (nSPS) is 17.9. The number of nitrogens with zero attached hydrogens (tertiary/aromatic N) is 1. The van der Waals surface area contributed by atoms with Crippen LogP contribution in [0.5, 0.6) is 11.5 Å². The van der Waals surface area contributed by atoms with Crippen molar-refractivity contribution >= 4 is 5.91 Å². The van der Waals surface area contributed by atoms with Crippen LogP contribution in [0, 0.1) is 5.92 Å². The lowest BCUT2D eigenvalue weighted by atomic mass is 9.99. The van der Waals surface area contributed by atoms with Crippen LogP contribution in [0.15, 0.2) is 18.2 Å². The fourth-order valence-corrected chi connectivity index (χ4v) is 2.85. The third-order valence-electron chi connectivity index (χ3n) is 5.19. The van der Waals surface area contributed by atoms with E-state index in [1.165, 1.54) is 5.56 Å². The topological polar surface area (TPSA) is 76.8 Å². The summed E-state index contributed by atoms with van der Waals surface area (Å²) >= 11 is 0. The SMILES string of the molecule is CCC(C)C(N)C(=O)NC(C)N(C)C(C)Cc1ccc2c(c1)OCO2. The van der Waals surface area contributed by atoms with Gasteiger partial charge < -0.3 is 20.5 Å². The largest absolute Gasteiger partial charge is 0.454 e. The van der Waals surface area contributed by atoms with Gasteiger partial charge in [0.15, 0.2) is 11.5 Å². The Bertz CT molecular complexity index is 593. The number of carbonyl (C=O) groups is 1. The molecule has 1 aliphatic heterocycles. The van der Waals surface area contributed by atoms with Crippen molar-refractivity contribution in [3.63, 3.8) is 0 Å². The summed E-state index contributed by atoms with van der Waals surface area (Å²) in [6.07, 6.45) is 1.65. The van der Waals surface area contributed by atoms with Crippen LogP contribution in [0.2, 0.25) is 0 Å². The van der Waals surface area contributed by atoms with E-state index in [0.717, 1.165) is 24.3 Å². The maximum absolute atomic E-state index is 12.3. The van der Waals surface area contributed by atoms with Crippen LogP contribution in [0.1, 0.15) is 39.7 Å². The standard InChI is InChI=1S/C19H31N3O3/c1-6-12(2)18(20)19(23)21-14(4)22(5)13(3)9-15-7-8-16-17(10-15)25-11-24-16/h7-8,10,12-14,18H,6,9,11,20H2,1-5H3,(H,21,23). The molecule has 0 saturated heterocycles. The van der Waals surface area contributed by atoms with Gasteiger partial charge in [0.05, 0.1) is 12.2 Å². The summed E-state index contributed by atoms with van der Waals surface area (Å²) in [5.74, 6) is 1.67. The third kappa shape index (κ3) is 4.86. The zero-order valence-corrected chi connectivity index (χ0v) is 15.9. The van der Waals surface area contributed by atoms with Crippen LogP contribution < -0.4 is 20.5 Å². The molecule has 3 N–H and O–H groups in total. The molecule has 25 heavy (non-hydrogen) atoms. The number of amides is 1. The monoisotopic (exact) mass is 349 g/mol. The number of nitrogens with two attached hydrogens (primary N) is 1. The Morgan fingerprint density at radius 2 is 1.96 bits per heavy atom. The zero-order valence-electron chi connectivity index (χ0n) is 15.9. The summed E-state index contributed by atoms with van der Waals surface area (Å²) in [6, 6.07) is 5.80. The molecule has 0 fully saturated rings. The van der Waals surface area contributed by atoms with Gasteiger partial charge in [-0.3, -0.25) is 9.69 Å². The molecule has 6 heteroatoms. The van der Waals surface area contributed by atoms with Crippen LogP contribution in [0.25, 0.3) is 0 Å². The molecule has 1 aromatic carbocycles. The number of fused-ring (bicyclic) bond motifs is 1. The zero-order chi connectivity index (χ0) is 18.6. The van der Waals surface area contributed by atoms with Gasteiger partial charge in [-0.1, -0.05) is 26.3 Å². The van der Waals surface area contributed by atoms with E-state index in [2.05, 4.69) is 23.2 Å². The minimum absolute atomic E-state index is 0.0911. The first-order valence-electron chi connectivity index (χ1n) is 8.99. The van der Waals surface area contributed by atoms with Gasteiger partial charge in [-0.15, -0.1) is 0 Å². The van der Waals surface area contributed by atoms with E-state index >= 15 is 0 Å². The number of ether oxygens (including phenoxy) is 2. The molecule has 1 aromatic rings. The highest BCUT2D eigenvalue weighted by molar-refractivity contribution is 5.81. The first-order valence-corrected chi connectivity index (χ1v) is 8.99. The van der Waals surface area contributed by atoms with Crippen LogP contribution in [0.3, 0.4) is 0 Å². The van der Waals surface area contributed by atoms with E-state index in [4.69, 9.17) is 15.2 Å². The maximum Gasteiger partial charge on any atom is 0.238 e. The molecule has 2 rings (SSSR count). The second kappa shape index (κ2) is 8.54. The van der Waals surface area contributed by atoms with E-state index in [9.17, 15) is 4.79 Å². The maximum atomic E-state index is 12.3. The Hall–Kier alpha value is -1.79. The highest BCUT2D eigenvalue weighted by atomic mass is 16.7. The molecule has 0 aliphatic carbocycles. The van der Waals surface area contributed by atoms with Crippen molar-refractivity contribution in [2.45, 2.75) is 58.8 Å². The molecule has 0 bridgehead atoms. The van der Waals surface area contributed by atoms with E-state index in [0.29, 0.717) is 0 Å². The number of hydrogen-bond acceptors (Lipinski definition) is 5. The average molecular weight is 349 g/mol. The fourth-order valence-electron chi connectivity index (χ4n) is 2.85. The van der Waals surface area contributed by atoms with Crippen molar-refractivity contribution in [2.24, 2.45) is 11.7 Å². The minimum atomic E-state index is -0.468. The van der Waals surface area contributed by atoms with Crippen LogP contribution in [0.4, 0.5) is 0 Å². The predicted molar refractivity (Wildman–Crippen MR) is 98.5 cm³/mol. The lowest BCUT2D eigenvalue weighted by Crippen LogP contribution is -2.54. The number of rotatable bonds is 8. The van der Waals surface area contributed by atoms with E-state index in [-0.39, 0.29) is 30.8 Å². The second-order valence-electron chi connectivity index (χ2n) is 7.00. The van der Waals surface area contributed by atoms with Gasteiger partial charge in [-0.2, -0.15) is 0 Å². The highest BCUT2D eigenvalue weighted by Crippen LogP contribution is 2.33. The number of carbonyl (C=O) groups excluding carboxylic acids is 1. The summed E-state index contributed by atoms with van der Waals surface area (Å²) < 4.78 is 10.8. The molecule has 0 spiro atoms. The van der Waals surface area contributed by atoms with E-state index < -0.39 is 6.04 Å². The molecule has 0 aromatic heterocycles. The summed E-state index contributed by atoms with van der Waals surface area (Å²) in [5.41, 5.74) is 7.19. The molecular formula is C19H31N3O3. The molecule has 4 unspecified atom stereocenters. The minimum Gasteiger partial charge on any atom is -0.454 e. The Morgan fingerprint density at radius 3 is 2.64 bits per heavy atom. The Labute approximate surface area is 150 Å². The van der Waals surface area contributed by atoms with Crippen molar-refractivity contribution in [1.82, 2.24) is 10.2 Å². The van der Waals surface area contributed by atoms with E-state index in [1.54, 1.807) is 0 Å². The number of hydrogen-bond donors (Lipinski definition) is 2. The molecule has 1 amide bonds. The first kappa shape index (κ1) is 19.5. The number of benzene rings is 1. The third-order valence-corrected chi connectivity index (χ3v) is 5.19. The lowest BCUT2D eigenvalue weighted by Gasteiger charge is -2.32. The summed E-state index contributed by atoms with van der Waals surface area (Å²) in [4.78, 5) is 14.4. The molecule has 0 saturated carbocycles. The van der Waals surface area contributed by atoms with Crippen molar-refractivity contribution in [1.29, 1.82) is 0 Å². The van der Waals surface area contributed by atoms with Gasteiger partial charge in [-0.05, 0) is 50.9 Å². The van der Waals surface area contributed by atoms with Crippen LogP contribution in [-0.4, -0.2) is 42.9 Å². The molecule has 1 aliphatic rings. The van der Waals surface area contributed by atoms with Crippen molar-refractivity contribution in [3.8, 4) is 11.5 Å². The Kier molecular flexibility index (Phi) is 6.67. The Balaban J connectivity index is 1.90. The molecule has 4 atom stereocenters. The van der Waals surface area contributed by atoms with E-state index in [1.807, 2.05) is 40.0 Å². The highest BCUT2D eigenvalue weighted by Gasteiger charge is 2.24. The summed E-state index contributed by atoms with van der Waals surface area (Å²) in [5, 5.41) is 3.02. The van der Waals surface area contributed by atoms with Gasteiger partial charge in [0.2, 0.25) is 12.7 Å². The van der Waals surface area contributed by atoms with Crippen LogP contribution >= 0.6 is 0 Å². The summed E-state index contributed by atoms with van der Waals surface area (Å²) in [7, 11) is 2.01. The molecule has 6 nitrogen and oxygen atoms in total. The van der Waals surface area contributed by atoms with Gasteiger partial charge in [0.25, 0.3) is 0 Å². The second-order valence-corrected chi connectivity index (χ2v) is 7.00. The first-order chi connectivity index (χ1) is 11.8. The molecule has 140 valence electrons. The quantitative estimate of drug-likeness (QED) is 0.703.